The molecule has 0 saturated heterocycles. The van der Waals surface area contributed by atoms with Crippen LogP contribution in [-0.2, 0) is 11.3 Å². The van der Waals surface area contributed by atoms with Crippen LogP contribution in [0.3, 0.4) is 0 Å². The van der Waals surface area contributed by atoms with Crippen molar-refractivity contribution in [2.45, 2.75) is 13.5 Å². The Morgan fingerprint density at radius 1 is 1.19 bits per heavy atom. The summed E-state index contributed by atoms with van der Waals surface area (Å²) in [5.41, 5.74) is 5.73. The third-order valence-corrected chi connectivity index (χ3v) is 6.67. The number of hydrogen-bond acceptors (Lipinski definition) is 9. The third kappa shape index (κ3) is 4.12. The molecule has 0 spiro atoms. The topological polar surface area (TPSA) is 105 Å². The Labute approximate surface area is 211 Å². The molecule has 1 aliphatic heterocycles. The molecule has 1 aromatic carbocycles. The van der Waals surface area contributed by atoms with E-state index in [0.29, 0.717) is 40.0 Å². The number of fused-ring (bicyclic) bond motifs is 2. The molecule has 11 heteroatoms. The summed E-state index contributed by atoms with van der Waals surface area (Å²) in [6.45, 7) is 2.38. The minimum Gasteiger partial charge on any atom is -0.493 e. The van der Waals surface area contributed by atoms with Crippen LogP contribution >= 0.6 is 11.3 Å². The van der Waals surface area contributed by atoms with E-state index in [-0.39, 0.29) is 12.7 Å². The number of benzene rings is 1. The maximum atomic E-state index is 13.4. The van der Waals surface area contributed by atoms with Gasteiger partial charge in [0.2, 0.25) is 18.3 Å². The van der Waals surface area contributed by atoms with Crippen molar-refractivity contribution in [3.05, 3.63) is 58.4 Å². The first kappa shape index (κ1) is 23.6. The fourth-order valence-corrected chi connectivity index (χ4v) is 5.31. The Morgan fingerprint density at radius 3 is 2.69 bits per heavy atom. The van der Waals surface area contributed by atoms with Crippen molar-refractivity contribution in [1.82, 2.24) is 15.0 Å². The number of aryl methyl sites for hydroxylation is 1. The van der Waals surface area contributed by atoms with E-state index in [1.54, 1.807) is 13.2 Å². The van der Waals surface area contributed by atoms with Crippen molar-refractivity contribution in [2.75, 3.05) is 28.1 Å². The summed E-state index contributed by atoms with van der Waals surface area (Å²) in [6.07, 6.45) is 5.26. The van der Waals surface area contributed by atoms with Crippen molar-refractivity contribution in [1.29, 1.82) is 0 Å². The smallest absolute Gasteiger partial charge is 0.283 e. The number of nitrogens with one attached hydrogen (secondary N) is 1. The maximum absolute atomic E-state index is 13.4. The molecule has 0 aliphatic carbocycles. The minimum absolute atomic E-state index is 0.0616. The molecule has 3 aromatic heterocycles. The van der Waals surface area contributed by atoms with Gasteiger partial charge in [0.05, 0.1) is 32.7 Å². The summed E-state index contributed by atoms with van der Waals surface area (Å²) >= 11 is 1.31. The first-order chi connectivity index (χ1) is 17.5. The maximum Gasteiger partial charge on any atom is 0.283 e. The Hall–Kier alpha value is -4.09. The number of hydrogen-bond donors (Lipinski definition) is 1. The molecular formula is C25H24N4O6S. The van der Waals surface area contributed by atoms with Gasteiger partial charge in [0.15, 0.2) is 11.5 Å². The molecule has 1 N–H and O–H groups in total. The molecule has 0 fully saturated rings. The number of amides is 1. The molecule has 0 atom stereocenters. The number of carbonyl (C=O) groups excluding carboxylic acids is 1. The number of nitrogens with zero attached hydrogens (tertiary/aromatic N) is 3. The molecule has 0 saturated carbocycles. The highest BCUT2D eigenvalue weighted by Crippen LogP contribution is 2.49. The van der Waals surface area contributed by atoms with Gasteiger partial charge in [0.1, 0.15) is 9.71 Å². The van der Waals surface area contributed by atoms with Gasteiger partial charge in [-0.3, -0.25) is 4.79 Å². The molecule has 10 nitrogen and oxygen atoms in total. The average Bonchev–Trinajstić information content (AvgIpc) is 3.62. The second kappa shape index (κ2) is 9.88. The molecule has 4 heterocycles. The van der Waals surface area contributed by atoms with Crippen molar-refractivity contribution in [3.63, 3.8) is 0 Å². The second-order valence-corrected chi connectivity index (χ2v) is 8.87. The van der Waals surface area contributed by atoms with Gasteiger partial charge in [-0.2, -0.15) is 5.10 Å². The van der Waals surface area contributed by atoms with Gasteiger partial charge in [-0.25, -0.2) is 10.4 Å². The molecule has 5 rings (SSSR count). The number of pyridine rings is 1. The number of aromatic nitrogens is 2. The highest BCUT2D eigenvalue weighted by molar-refractivity contribution is 7.21. The standard InChI is InChI=1S/C25H24N4O6S/c1-14-9-16(12-31-2)18-19(29-7-5-6-8-29)23(36-25(18)27-14)24(30)28-26-11-15-10-17(32-3)21-22(20(15)33-4)35-13-34-21/h5-11H,12-13H2,1-4H3,(H,28,30). The van der Waals surface area contributed by atoms with Crippen LogP contribution in [0.1, 0.15) is 26.5 Å². The van der Waals surface area contributed by atoms with Crippen molar-refractivity contribution >= 4 is 33.7 Å². The van der Waals surface area contributed by atoms with E-state index in [9.17, 15) is 4.79 Å². The van der Waals surface area contributed by atoms with E-state index in [1.807, 2.05) is 42.1 Å². The van der Waals surface area contributed by atoms with E-state index < -0.39 is 0 Å². The normalized spacial score (nSPS) is 12.4. The third-order valence-electron chi connectivity index (χ3n) is 5.60. The quantitative estimate of drug-likeness (QED) is 0.283. The van der Waals surface area contributed by atoms with Gasteiger partial charge in [-0.1, -0.05) is 0 Å². The fraction of sp³-hybridized carbons (Fsp3) is 0.240. The van der Waals surface area contributed by atoms with Crippen molar-refractivity contribution < 1.29 is 28.5 Å². The van der Waals surface area contributed by atoms with Gasteiger partial charge in [0.25, 0.3) is 5.91 Å². The average molecular weight is 509 g/mol. The summed E-state index contributed by atoms with van der Waals surface area (Å²) in [4.78, 5) is 19.2. The van der Waals surface area contributed by atoms with Crippen LogP contribution in [0.15, 0.2) is 41.8 Å². The highest BCUT2D eigenvalue weighted by Gasteiger charge is 2.27. The number of ether oxygens (including phenoxy) is 5. The number of hydrazone groups is 1. The number of rotatable bonds is 8. The van der Waals surface area contributed by atoms with Crippen LogP contribution < -0.4 is 24.4 Å². The van der Waals surface area contributed by atoms with Crippen LogP contribution in [0.5, 0.6) is 23.0 Å². The molecule has 0 radical (unpaired) electrons. The van der Waals surface area contributed by atoms with E-state index in [4.69, 9.17) is 23.7 Å². The lowest BCUT2D eigenvalue weighted by Crippen LogP contribution is -2.18. The van der Waals surface area contributed by atoms with Crippen LogP contribution in [0.25, 0.3) is 15.9 Å². The summed E-state index contributed by atoms with van der Waals surface area (Å²) in [6, 6.07) is 7.49. The van der Waals surface area contributed by atoms with Crippen molar-refractivity contribution in [2.24, 2.45) is 5.10 Å². The minimum atomic E-state index is -0.370. The number of thiophene rings is 1. The Bertz CT molecular complexity index is 1460. The van der Waals surface area contributed by atoms with Crippen LogP contribution in [0.4, 0.5) is 0 Å². The van der Waals surface area contributed by atoms with Gasteiger partial charge < -0.3 is 28.3 Å². The predicted molar refractivity (Wildman–Crippen MR) is 135 cm³/mol. The molecule has 186 valence electrons. The zero-order chi connectivity index (χ0) is 25.2. The largest absolute Gasteiger partial charge is 0.493 e. The van der Waals surface area contributed by atoms with E-state index in [2.05, 4.69) is 15.5 Å². The lowest BCUT2D eigenvalue weighted by molar-refractivity contribution is 0.0959. The Kier molecular flexibility index (Phi) is 6.49. The molecule has 1 aliphatic rings. The first-order valence-electron chi connectivity index (χ1n) is 11.0. The van der Waals surface area contributed by atoms with Gasteiger partial charge in [-0.15, -0.1) is 11.3 Å². The second-order valence-electron chi connectivity index (χ2n) is 7.87. The van der Waals surface area contributed by atoms with Crippen LogP contribution in [0.2, 0.25) is 0 Å². The molecule has 0 unspecified atom stereocenters. The summed E-state index contributed by atoms with van der Waals surface area (Å²) in [7, 11) is 4.70. The Morgan fingerprint density at radius 2 is 1.97 bits per heavy atom. The van der Waals surface area contributed by atoms with Crippen LogP contribution in [-0.4, -0.2) is 49.8 Å². The lowest BCUT2D eigenvalue weighted by atomic mass is 10.1. The van der Waals surface area contributed by atoms with Gasteiger partial charge >= 0.3 is 0 Å². The monoisotopic (exact) mass is 508 g/mol. The fourth-order valence-electron chi connectivity index (χ4n) is 4.15. The summed E-state index contributed by atoms with van der Waals surface area (Å²) in [5.74, 6) is 1.43. The number of carbonyl (C=O) groups is 1. The van der Waals surface area contributed by atoms with E-state index in [0.717, 1.165) is 27.2 Å². The predicted octanol–water partition coefficient (Wildman–Crippen LogP) is 4.05. The molecule has 1 amide bonds. The molecule has 36 heavy (non-hydrogen) atoms. The molecular weight excluding hydrogens is 484 g/mol. The number of methoxy groups -OCH3 is 3. The summed E-state index contributed by atoms with van der Waals surface area (Å²) in [5, 5.41) is 5.07. The zero-order valence-corrected chi connectivity index (χ0v) is 21.0. The van der Waals surface area contributed by atoms with Crippen molar-refractivity contribution in [3.8, 4) is 28.7 Å². The van der Waals surface area contributed by atoms with Gasteiger partial charge in [-0.05, 0) is 36.8 Å². The zero-order valence-electron chi connectivity index (χ0n) is 20.2. The SMILES string of the molecule is COCc1cc(C)nc2sc(C(=O)NN=Cc3cc(OC)c4c(c3OC)OCO4)c(-n3cccc3)c12. The van der Waals surface area contributed by atoms with Crippen LogP contribution in [0, 0.1) is 6.92 Å². The highest BCUT2D eigenvalue weighted by atomic mass is 32.1. The van der Waals surface area contributed by atoms with E-state index in [1.165, 1.54) is 31.8 Å². The summed E-state index contributed by atoms with van der Waals surface area (Å²) < 4.78 is 29.2. The molecule has 4 aromatic rings. The Balaban J connectivity index is 1.52. The lowest BCUT2D eigenvalue weighted by Gasteiger charge is -2.11. The first-order valence-corrected chi connectivity index (χ1v) is 11.8. The van der Waals surface area contributed by atoms with Gasteiger partial charge in [0, 0.05) is 36.1 Å². The van der Waals surface area contributed by atoms with E-state index >= 15 is 0 Å². The molecule has 0 bridgehead atoms.